The Bertz CT molecular complexity index is 1220. The maximum atomic E-state index is 13.7. The highest BCUT2D eigenvalue weighted by atomic mass is 32.2. The number of ether oxygens (including phenoxy) is 1. The molecule has 1 aliphatic heterocycles. The lowest BCUT2D eigenvalue weighted by Gasteiger charge is -2.40. The van der Waals surface area contributed by atoms with Crippen LogP contribution < -0.4 is 5.63 Å². The van der Waals surface area contributed by atoms with Crippen LogP contribution in [0, 0.1) is 0 Å². The first-order chi connectivity index (χ1) is 14.3. The first-order valence-electron chi connectivity index (χ1n) is 9.56. The highest BCUT2D eigenvalue weighted by Crippen LogP contribution is 2.35. The van der Waals surface area contributed by atoms with Crippen LogP contribution in [-0.2, 0) is 21.8 Å². The molecule has 3 heterocycles. The second-order valence-corrected chi connectivity index (χ2v) is 9.52. The van der Waals surface area contributed by atoms with E-state index < -0.39 is 21.7 Å². The molecule has 9 nitrogen and oxygen atoms in total. The smallest absolute Gasteiger partial charge is 0.336 e. The zero-order valence-electron chi connectivity index (χ0n) is 17.1. The number of aromatic nitrogens is 2. The van der Waals surface area contributed by atoms with Crippen LogP contribution in [0.4, 0.5) is 0 Å². The van der Waals surface area contributed by atoms with Crippen LogP contribution in [0.2, 0.25) is 0 Å². The SMILES string of the molecule is CN(C)C[C@@H]1OCCN(S(=O)(=O)c2ccc3oc(=O)ccc3c2)[C@H]1c1cnn(C)c1. The molecular weight excluding hydrogens is 408 g/mol. The molecule has 160 valence electrons. The maximum Gasteiger partial charge on any atom is 0.336 e. The lowest BCUT2D eigenvalue weighted by atomic mass is 10.0. The average molecular weight is 433 g/mol. The standard InChI is InChI=1S/C20H24N4O5S/c1-22(2)13-18-20(15-11-21-23(3)12-15)24(8-9-28-18)30(26,27)16-5-6-17-14(10-16)4-7-19(25)29-17/h4-7,10-12,18,20H,8-9,13H2,1-3H3/t18-,20-/m0/s1. The van der Waals surface area contributed by atoms with Crippen LogP contribution in [0.1, 0.15) is 11.6 Å². The first-order valence-corrected chi connectivity index (χ1v) is 11.0. The predicted octanol–water partition coefficient (Wildman–Crippen LogP) is 1.22. The van der Waals surface area contributed by atoms with Crippen molar-refractivity contribution in [3.05, 3.63) is 58.7 Å². The molecule has 0 N–H and O–H groups in total. The van der Waals surface area contributed by atoms with E-state index in [1.54, 1.807) is 24.0 Å². The third kappa shape index (κ3) is 3.91. The van der Waals surface area contributed by atoms with E-state index in [2.05, 4.69) is 5.10 Å². The number of sulfonamides is 1. The van der Waals surface area contributed by atoms with E-state index in [1.165, 1.54) is 28.6 Å². The van der Waals surface area contributed by atoms with Gasteiger partial charge in [0.1, 0.15) is 5.58 Å². The van der Waals surface area contributed by atoms with Gasteiger partial charge in [0.2, 0.25) is 10.0 Å². The van der Waals surface area contributed by atoms with Gasteiger partial charge < -0.3 is 14.1 Å². The molecule has 0 amide bonds. The Morgan fingerprint density at radius 2 is 2.03 bits per heavy atom. The molecular formula is C20H24N4O5S. The molecule has 0 unspecified atom stereocenters. The van der Waals surface area contributed by atoms with Crippen molar-refractivity contribution >= 4 is 21.0 Å². The van der Waals surface area contributed by atoms with Crippen molar-refractivity contribution in [2.75, 3.05) is 33.8 Å². The Morgan fingerprint density at radius 1 is 1.23 bits per heavy atom. The van der Waals surface area contributed by atoms with E-state index in [-0.39, 0.29) is 17.5 Å². The number of aryl methyl sites for hydroxylation is 1. The summed E-state index contributed by atoms with van der Waals surface area (Å²) in [4.78, 5) is 13.5. The summed E-state index contributed by atoms with van der Waals surface area (Å²) in [5.74, 6) is 0. The Kier molecular flexibility index (Phi) is 5.49. The quantitative estimate of drug-likeness (QED) is 0.559. The van der Waals surface area contributed by atoms with Crippen LogP contribution in [0.3, 0.4) is 0 Å². The summed E-state index contributed by atoms with van der Waals surface area (Å²) in [7, 11) is 1.80. The normalized spacial score (nSPS) is 20.8. The first kappa shape index (κ1) is 20.7. The maximum absolute atomic E-state index is 13.7. The molecule has 1 saturated heterocycles. The summed E-state index contributed by atoms with van der Waals surface area (Å²) in [5.41, 5.74) is 0.645. The second-order valence-electron chi connectivity index (χ2n) is 7.63. The largest absolute Gasteiger partial charge is 0.423 e. The summed E-state index contributed by atoms with van der Waals surface area (Å²) in [6, 6.07) is 6.85. The molecule has 2 aromatic heterocycles. The summed E-state index contributed by atoms with van der Waals surface area (Å²) in [6.45, 7) is 1.10. The van der Waals surface area contributed by atoms with Gasteiger partial charge in [-0.3, -0.25) is 4.68 Å². The number of hydrogen-bond acceptors (Lipinski definition) is 7. The lowest BCUT2D eigenvalue weighted by Crippen LogP contribution is -2.50. The van der Waals surface area contributed by atoms with E-state index in [4.69, 9.17) is 9.15 Å². The van der Waals surface area contributed by atoms with Crippen molar-refractivity contribution in [1.82, 2.24) is 19.0 Å². The van der Waals surface area contributed by atoms with Gasteiger partial charge in [-0.2, -0.15) is 9.40 Å². The molecule has 10 heteroatoms. The number of nitrogens with zero attached hydrogens (tertiary/aromatic N) is 4. The van der Waals surface area contributed by atoms with Crippen LogP contribution in [0.5, 0.6) is 0 Å². The molecule has 30 heavy (non-hydrogen) atoms. The minimum atomic E-state index is -3.84. The van der Waals surface area contributed by atoms with Crippen LogP contribution in [-0.4, -0.2) is 67.3 Å². The Hall–Kier alpha value is -2.53. The second kappa shape index (κ2) is 7.95. The highest BCUT2D eigenvalue weighted by Gasteiger charge is 2.41. The predicted molar refractivity (Wildman–Crippen MR) is 111 cm³/mol. The summed E-state index contributed by atoms with van der Waals surface area (Å²) < 4.78 is 41.6. The van der Waals surface area contributed by atoms with E-state index >= 15 is 0 Å². The van der Waals surface area contributed by atoms with Crippen molar-refractivity contribution in [2.45, 2.75) is 17.0 Å². The van der Waals surface area contributed by atoms with Gasteiger partial charge in [-0.15, -0.1) is 0 Å². The fourth-order valence-corrected chi connectivity index (χ4v) is 5.47. The highest BCUT2D eigenvalue weighted by molar-refractivity contribution is 7.89. The Balaban J connectivity index is 1.78. The summed E-state index contributed by atoms with van der Waals surface area (Å²) in [6.07, 6.45) is 3.16. The third-order valence-corrected chi connectivity index (χ3v) is 6.99. The zero-order chi connectivity index (χ0) is 21.5. The Morgan fingerprint density at radius 3 is 2.73 bits per heavy atom. The monoisotopic (exact) mass is 432 g/mol. The summed E-state index contributed by atoms with van der Waals surface area (Å²) in [5, 5.41) is 4.78. The van der Waals surface area contributed by atoms with Gasteiger partial charge >= 0.3 is 5.63 Å². The van der Waals surface area contributed by atoms with E-state index in [0.29, 0.717) is 24.1 Å². The van der Waals surface area contributed by atoms with Gasteiger partial charge in [0.05, 0.1) is 29.8 Å². The number of likely N-dealkylation sites (N-methyl/N-ethyl adjacent to an activating group) is 1. The molecule has 0 spiro atoms. The lowest BCUT2D eigenvalue weighted by molar-refractivity contribution is -0.0514. The minimum Gasteiger partial charge on any atom is -0.423 e. The van der Waals surface area contributed by atoms with Gasteiger partial charge in [0.15, 0.2) is 0 Å². The van der Waals surface area contributed by atoms with Crippen LogP contribution in [0.25, 0.3) is 11.0 Å². The fourth-order valence-electron chi connectivity index (χ4n) is 3.81. The minimum absolute atomic E-state index is 0.142. The molecule has 1 aromatic carbocycles. The third-order valence-electron chi connectivity index (χ3n) is 5.11. The van der Waals surface area contributed by atoms with Crippen molar-refractivity contribution in [1.29, 1.82) is 0 Å². The van der Waals surface area contributed by atoms with Crippen molar-refractivity contribution in [2.24, 2.45) is 7.05 Å². The van der Waals surface area contributed by atoms with E-state index in [1.807, 2.05) is 25.2 Å². The van der Waals surface area contributed by atoms with Gasteiger partial charge in [0.25, 0.3) is 0 Å². The number of fused-ring (bicyclic) bond motifs is 1. The molecule has 1 fully saturated rings. The van der Waals surface area contributed by atoms with Crippen molar-refractivity contribution in [3.63, 3.8) is 0 Å². The van der Waals surface area contributed by atoms with Crippen molar-refractivity contribution in [3.8, 4) is 0 Å². The molecule has 0 aliphatic carbocycles. The number of rotatable bonds is 5. The molecule has 0 radical (unpaired) electrons. The molecule has 3 aromatic rings. The fraction of sp³-hybridized carbons (Fsp3) is 0.400. The average Bonchev–Trinajstić information content (AvgIpc) is 3.12. The topological polar surface area (TPSA) is 97.9 Å². The number of hydrogen-bond donors (Lipinski definition) is 0. The van der Waals surface area contributed by atoms with Gasteiger partial charge in [-0.25, -0.2) is 13.2 Å². The Labute approximate surface area is 174 Å². The summed E-state index contributed by atoms with van der Waals surface area (Å²) >= 11 is 0. The molecule has 0 bridgehead atoms. The van der Waals surface area contributed by atoms with Gasteiger partial charge in [-0.05, 0) is 38.4 Å². The molecule has 1 aliphatic rings. The van der Waals surface area contributed by atoms with Crippen LogP contribution >= 0.6 is 0 Å². The molecule has 0 saturated carbocycles. The number of morpholine rings is 1. The number of benzene rings is 1. The van der Waals surface area contributed by atoms with Crippen LogP contribution in [0.15, 0.2) is 56.8 Å². The van der Waals surface area contributed by atoms with Gasteiger partial charge in [-0.1, -0.05) is 0 Å². The molecule has 2 atom stereocenters. The van der Waals surface area contributed by atoms with E-state index in [9.17, 15) is 13.2 Å². The van der Waals surface area contributed by atoms with Crippen molar-refractivity contribution < 1.29 is 17.6 Å². The molecule has 4 rings (SSSR count). The van der Waals surface area contributed by atoms with E-state index in [0.717, 1.165) is 5.56 Å². The zero-order valence-corrected chi connectivity index (χ0v) is 17.9. The van der Waals surface area contributed by atoms with Gasteiger partial charge in [0, 0.05) is 43.4 Å².